The molecule has 262 valence electrons. The number of amides is 3. The van der Waals surface area contributed by atoms with Crippen molar-refractivity contribution in [1.82, 2.24) is 20.9 Å². The maximum absolute atomic E-state index is 13.3. The molecule has 0 aliphatic carbocycles. The summed E-state index contributed by atoms with van der Waals surface area (Å²) in [6.07, 6.45) is 0.922. The van der Waals surface area contributed by atoms with Crippen LogP contribution in [0.4, 0.5) is 9.59 Å². The Morgan fingerprint density at radius 2 is 1.20 bits per heavy atom. The summed E-state index contributed by atoms with van der Waals surface area (Å²) >= 11 is 0. The average Bonchev–Trinajstić information content (AvgIpc) is 3.12. The van der Waals surface area contributed by atoms with Crippen LogP contribution in [0.3, 0.4) is 0 Å². The molecular formula is C37H47N5O7. The summed E-state index contributed by atoms with van der Waals surface area (Å²) in [4.78, 5) is 52.5. The van der Waals surface area contributed by atoms with Crippen LogP contribution in [0.2, 0.25) is 0 Å². The van der Waals surface area contributed by atoms with Crippen LogP contribution in [0, 0.1) is 5.41 Å². The molecule has 3 rings (SSSR count). The van der Waals surface area contributed by atoms with Gasteiger partial charge in [-0.05, 0) is 62.8 Å². The molecule has 0 aliphatic rings. The molecule has 0 unspecified atom stereocenters. The molecule has 3 aromatic rings. The first-order valence-electron chi connectivity index (χ1n) is 16.4. The Balaban J connectivity index is 1.49. The quantitative estimate of drug-likeness (QED) is 0.0438. The summed E-state index contributed by atoms with van der Waals surface area (Å²) in [6, 6.07) is 26.3. The van der Waals surface area contributed by atoms with E-state index in [1.54, 1.807) is 7.05 Å². The standard InChI is InChI=1S/C37H47N5O7/c1-28(38)42(37(46)49-27-31-19-10-5-11-20-31)24-14-22-32(39-2)34(43)41-33(35(44)47-25-29-15-6-3-7-16-29)21-12-13-23-40-36(45)48-26-30-17-8-4-9-18-30/h3-11,15-20,32-33,38-39H,12-14,21-27H2,1-2H3,(H,40,45)(H,41,43)/t32-,33-/m0/s1. The fourth-order valence-electron chi connectivity index (χ4n) is 4.84. The minimum atomic E-state index is -0.912. The van der Waals surface area contributed by atoms with E-state index in [0.717, 1.165) is 16.7 Å². The van der Waals surface area contributed by atoms with Gasteiger partial charge in [0.15, 0.2) is 0 Å². The molecule has 2 atom stereocenters. The molecule has 0 aromatic heterocycles. The maximum Gasteiger partial charge on any atom is 0.415 e. The Bertz CT molecular complexity index is 1460. The van der Waals surface area contributed by atoms with Crippen LogP contribution < -0.4 is 16.0 Å². The molecule has 12 nitrogen and oxygen atoms in total. The number of nitrogens with one attached hydrogen (secondary N) is 4. The molecule has 4 N–H and O–H groups in total. The maximum atomic E-state index is 13.3. The Kier molecular flexibility index (Phi) is 16.9. The second-order valence-electron chi connectivity index (χ2n) is 11.4. The van der Waals surface area contributed by atoms with E-state index in [2.05, 4.69) is 16.0 Å². The van der Waals surface area contributed by atoms with E-state index >= 15 is 0 Å². The second-order valence-corrected chi connectivity index (χ2v) is 11.4. The summed E-state index contributed by atoms with van der Waals surface area (Å²) in [7, 11) is 1.64. The van der Waals surface area contributed by atoms with E-state index in [1.807, 2.05) is 91.0 Å². The monoisotopic (exact) mass is 673 g/mol. The topological polar surface area (TPSA) is 159 Å². The number of nitrogens with zero attached hydrogens (tertiary/aromatic N) is 1. The van der Waals surface area contributed by atoms with Crippen molar-refractivity contribution < 1.29 is 33.4 Å². The van der Waals surface area contributed by atoms with Gasteiger partial charge in [0, 0.05) is 13.1 Å². The number of esters is 1. The molecule has 0 spiro atoms. The molecule has 0 radical (unpaired) electrons. The zero-order chi connectivity index (χ0) is 35.3. The van der Waals surface area contributed by atoms with Gasteiger partial charge in [-0.1, -0.05) is 91.0 Å². The van der Waals surface area contributed by atoms with E-state index < -0.39 is 36.1 Å². The average molecular weight is 674 g/mol. The SMILES string of the molecule is CN[C@@H](CCCN(C(C)=N)C(=O)OCc1ccccc1)C(=O)N[C@@H](CCCCNC(=O)OCc1ccccc1)C(=O)OCc1ccccc1. The number of hydrogen-bond donors (Lipinski definition) is 4. The lowest BCUT2D eigenvalue weighted by atomic mass is 10.1. The molecule has 3 amide bonds. The van der Waals surface area contributed by atoms with Crippen molar-refractivity contribution in [3.63, 3.8) is 0 Å². The van der Waals surface area contributed by atoms with Crippen molar-refractivity contribution in [1.29, 1.82) is 5.41 Å². The van der Waals surface area contributed by atoms with Crippen LogP contribution in [-0.4, -0.2) is 67.0 Å². The molecule has 0 bridgehead atoms. The van der Waals surface area contributed by atoms with Gasteiger partial charge in [-0.2, -0.15) is 0 Å². The lowest BCUT2D eigenvalue weighted by Gasteiger charge is -2.24. The largest absolute Gasteiger partial charge is 0.459 e. The zero-order valence-electron chi connectivity index (χ0n) is 28.2. The van der Waals surface area contributed by atoms with Gasteiger partial charge in [-0.3, -0.25) is 15.1 Å². The van der Waals surface area contributed by atoms with Crippen LogP contribution >= 0.6 is 0 Å². The van der Waals surface area contributed by atoms with Crippen LogP contribution in [0.1, 0.15) is 55.7 Å². The highest BCUT2D eigenvalue weighted by Crippen LogP contribution is 2.10. The number of rotatable bonds is 19. The molecule has 0 saturated heterocycles. The molecule has 3 aromatic carbocycles. The number of hydrogen-bond acceptors (Lipinski definition) is 9. The van der Waals surface area contributed by atoms with E-state index in [1.165, 1.54) is 11.8 Å². The van der Waals surface area contributed by atoms with E-state index in [0.29, 0.717) is 38.6 Å². The molecule has 0 saturated carbocycles. The minimum Gasteiger partial charge on any atom is -0.459 e. The number of carbonyl (C=O) groups excluding carboxylic acids is 4. The number of carbonyl (C=O) groups is 4. The van der Waals surface area contributed by atoms with Gasteiger partial charge in [0.1, 0.15) is 31.7 Å². The van der Waals surface area contributed by atoms with Gasteiger partial charge in [-0.15, -0.1) is 0 Å². The van der Waals surface area contributed by atoms with Crippen molar-refractivity contribution in [2.75, 3.05) is 20.1 Å². The highest BCUT2D eigenvalue weighted by molar-refractivity contribution is 5.92. The van der Waals surface area contributed by atoms with Crippen molar-refractivity contribution in [2.24, 2.45) is 0 Å². The highest BCUT2D eigenvalue weighted by atomic mass is 16.6. The minimum absolute atomic E-state index is 0.0312. The van der Waals surface area contributed by atoms with E-state index in [9.17, 15) is 19.2 Å². The number of benzene rings is 3. The third kappa shape index (κ3) is 14.6. The van der Waals surface area contributed by atoms with Gasteiger partial charge in [-0.25, -0.2) is 14.4 Å². The summed E-state index contributed by atoms with van der Waals surface area (Å²) in [5, 5.41) is 16.6. The highest BCUT2D eigenvalue weighted by Gasteiger charge is 2.26. The fraction of sp³-hybridized carbons (Fsp3) is 0.378. The summed E-state index contributed by atoms with van der Waals surface area (Å²) in [5.74, 6) is -0.922. The van der Waals surface area contributed by atoms with E-state index in [4.69, 9.17) is 19.6 Å². The second kappa shape index (κ2) is 21.6. The lowest BCUT2D eigenvalue weighted by molar-refractivity contribution is -0.149. The summed E-state index contributed by atoms with van der Waals surface area (Å²) < 4.78 is 16.2. The van der Waals surface area contributed by atoms with Crippen molar-refractivity contribution in [2.45, 2.75) is 70.9 Å². The third-order valence-corrected chi connectivity index (χ3v) is 7.60. The first-order chi connectivity index (χ1) is 23.8. The van der Waals surface area contributed by atoms with E-state index in [-0.39, 0.29) is 32.2 Å². The molecule has 0 aliphatic heterocycles. The van der Waals surface area contributed by atoms with Crippen LogP contribution in [-0.2, 0) is 43.6 Å². The molecule has 12 heteroatoms. The van der Waals surface area contributed by atoms with Crippen molar-refractivity contribution in [3.8, 4) is 0 Å². The molecule has 49 heavy (non-hydrogen) atoms. The molecule has 0 fully saturated rings. The van der Waals surface area contributed by atoms with Gasteiger partial charge < -0.3 is 30.2 Å². The van der Waals surface area contributed by atoms with Crippen molar-refractivity contribution >= 4 is 29.9 Å². The molecular weight excluding hydrogens is 626 g/mol. The molecule has 0 heterocycles. The smallest absolute Gasteiger partial charge is 0.415 e. The van der Waals surface area contributed by atoms with Gasteiger partial charge in [0.25, 0.3) is 0 Å². The van der Waals surface area contributed by atoms with Crippen molar-refractivity contribution in [3.05, 3.63) is 108 Å². The van der Waals surface area contributed by atoms with Crippen LogP contribution in [0.15, 0.2) is 91.0 Å². The summed E-state index contributed by atoms with van der Waals surface area (Å²) in [5.41, 5.74) is 2.54. The summed E-state index contributed by atoms with van der Waals surface area (Å²) in [6.45, 7) is 2.33. The van der Waals surface area contributed by atoms with Crippen LogP contribution in [0.5, 0.6) is 0 Å². The number of ether oxygens (including phenoxy) is 3. The Hall–Kier alpha value is -5.23. The number of unbranched alkanes of at least 4 members (excludes halogenated alkanes) is 1. The fourth-order valence-corrected chi connectivity index (χ4v) is 4.84. The lowest BCUT2D eigenvalue weighted by Crippen LogP contribution is -2.50. The van der Waals surface area contributed by atoms with Crippen LogP contribution in [0.25, 0.3) is 0 Å². The van der Waals surface area contributed by atoms with Gasteiger partial charge >= 0.3 is 18.2 Å². The third-order valence-electron chi connectivity index (χ3n) is 7.60. The Morgan fingerprint density at radius 3 is 1.73 bits per heavy atom. The zero-order valence-corrected chi connectivity index (χ0v) is 28.2. The Morgan fingerprint density at radius 1 is 0.694 bits per heavy atom. The van der Waals surface area contributed by atoms with Gasteiger partial charge in [0.05, 0.1) is 6.04 Å². The Labute approximate surface area is 288 Å². The number of alkyl carbamates (subject to hydrolysis) is 1. The van der Waals surface area contributed by atoms with Gasteiger partial charge in [0.2, 0.25) is 5.91 Å². The normalized spacial score (nSPS) is 11.8. The number of likely N-dealkylation sites (N-methyl/N-ethyl adjacent to an activating group) is 1. The first-order valence-corrected chi connectivity index (χ1v) is 16.4. The predicted octanol–water partition coefficient (Wildman–Crippen LogP) is 5.32. The number of amidine groups is 1. The predicted molar refractivity (Wildman–Crippen MR) is 185 cm³/mol. The first kappa shape index (κ1) is 38.2.